The summed E-state index contributed by atoms with van der Waals surface area (Å²) in [5, 5.41) is 3.76. The van der Waals surface area contributed by atoms with Gasteiger partial charge >= 0.3 is 0 Å². The highest BCUT2D eigenvalue weighted by atomic mass is 16.1. The average Bonchev–Trinajstić information content (AvgIpc) is 2.47. The SMILES string of the molecule is O=c1ccccn1CCN1CCNC2(CCCCC2)C1. The quantitative estimate of drug-likeness (QED) is 0.907. The zero-order chi connectivity index (χ0) is 13.8. The van der Waals surface area contributed by atoms with Gasteiger partial charge in [0, 0.05) is 50.5 Å². The molecule has 1 aliphatic carbocycles. The molecule has 0 amide bonds. The first-order chi connectivity index (χ1) is 9.77. The van der Waals surface area contributed by atoms with E-state index < -0.39 is 0 Å². The summed E-state index contributed by atoms with van der Waals surface area (Å²) in [5.74, 6) is 0. The fraction of sp³-hybridized carbons (Fsp3) is 0.688. The van der Waals surface area contributed by atoms with Crippen LogP contribution in [0.1, 0.15) is 32.1 Å². The minimum absolute atomic E-state index is 0.106. The van der Waals surface area contributed by atoms with E-state index in [1.165, 1.54) is 32.1 Å². The van der Waals surface area contributed by atoms with Gasteiger partial charge in [0.05, 0.1) is 0 Å². The highest BCUT2D eigenvalue weighted by Crippen LogP contribution is 2.30. The molecule has 1 aromatic heterocycles. The molecule has 1 spiro atoms. The van der Waals surface area contributed by atoms with Crippen molar-refractivity contribution in [2.75, 3.05) is 26.2 Å². The van der Waals surface area contributed by atoms with Gasteiger partial charge in [-0.25, -0.2) is 0 Å². The second-order valence-corrected chi connectivity index (χ2v) is 6.28. The van der Waals surface area contributed by atoms with Gasteiger partial charge in [-0.05, 0) is 18.9 Å². The van der Waals surface area contributed by atoms with Crippen molar-refractivity contribution in [3.05, 3.63) is 34.7 Å². The number of nitrogens with one attached hydrogen (secondary N) is 1. The summed E-state index contributed by atoms with van der Waals surface area (Å²) >= 11 is 0. The monoisotopic (exact) mass is 275 g/mol. The topological polar surface area (TPSA) is 37.3 Å². The van der Waals surface area contributed by atoms with Gasteiger partial charge in [0.25, 0.3) is 5.56 Å². The van der Waals surface area contributed by atoms with Crippen LogP contribution >= 0.6 is 0 Å². The van der Waals surface area contributed by atoms with Gasteiger partial charge in [-0.3, -0.25) is 9.69 Å². The minimum atomic E-state index is 0.106. The van der Waals surface area contributed by atoms with Crippen molar-refractivity contribution in [2.24, 2.45) is 0 Å². The van der Waals surface area contributed by atoms with Crippen LogP contribution < -0.4 is 10.9 Å². The van der Waals surface area contributed by atoms with Crippen molar-refractivity contribution in [2.45, 2.75) is 44.2 Å². The van der Waals surface area contributed by atoms with E-state index in [1.807, 2.05) is 16.8 Å². The van der Waals surface area contributed by atoms with E-state index in [1.54, 1.807) is 12.1 Å². The lowest BCUT2D eigenvalue weighted by Crippen LogP contribution is -2.61. The molecule has 0 radical (unpaired) electrons. The summed E-state index contributed by atoms with van der Waals surface area (Å²) in [5.41, 5.74) is 0.466. The van der Waals surface area contributed by atoms with Gasteiger partial charge in [0.15, 0.2) is 0 Å². The summed E-state index contributed by atoms with van der Waals surface area (Å²) < 4.78 is 1.82. The highest BCUT2D eigenvalue weighted by Gasteiger charge is 2.35. The van der Waals surface area contributed by atoms with E-state index in [0.29, 0.717) is 5.54 Å². The van der Waals surface area contributed by atoms with Gasteiger partial charge in [0.2, 0.25) is 0 Å². The Bertz CT molecular complexity index is 485. The van der Waals surface area contributed by atoms with Crippen molar-refractivity contribution in [1.82, 2.24) is 14.8 Å². The lowest BCUT2D eigenvalue weighted by atomic mass is 9.80. The van der Waals surface area contributed by atoms with Crippen molar-refractivity contribution >= 4 is 0 Å². The lowest BCUT2D eigenvalue weighted by molar-refractivity contribution is 0.0966. The Labute approximate surface area is 120 Å². The van der Waals surface area contributed by atoms with Crippen LogP contribution in [0.4, 0.5) is 0 Å². The molecular weight excluding hydrogens is 250 g/mol. The van der Waals surface area contributed by atoms with Crippen LogP contribution in [0.25, 0.3) is 0 Å². The normalized spacial score (nSPS) is 23.0. The average molecular weight is 275 g/mol. The van der Waals surface area contributed by atoms with E-state index in [2.05, 4.69) is 10.2 Å². The summed E-state index contributed by atoms with van der Waals surface area (Å²) in [6.45, 7) is 5.12. The van der Waals surface area contributed by atoms with Crippen LogP contribution in [0.2, 0.25) is 0 Å². The zero-order valence-electron chi connectivity index (χ0n) is 12.2. The molecule has 3 rings (SSSR count). The first-order valence-corrected chi connectivity index (χ1v) is 7.90. The van der Waals surface area contributed by atoms with Crippen LogP contribution in [0.5, 0.6) is 0 Å². The van der Waals surface area contributed by atoms with Gasteiger partial charge in [0.1, 0.15) is 0 Å². The summed E-state index contributed by atoms with van der Waals surface area (Å²) in [6, 6.07) is 5.38. The predicted octanol–water partition coefficient (Wildman–Crippen LogP) is 1.46. The Morgan fingerprint density at radius 2 is 2.00 bits per heavy atom. The minimum Gasteiger partial charge on any atom is -0.314 e. The third-order valence-electron chi connectivity index (χ3n) is 4.82. The lowest BCUT2D eigenvalue weighted by Gasteiger charge is -2.46. The number of hydrogen-bond donors (Lipinski definition) is 1. The summed E-state index contributed by atoms with van der Waals surface area (Å²) in [7, 11) is 0. The maximum atomic E-state index is 11.7. The standard InChI is InChI=1S/C16H25N3O/c20-15-6-2-5-10-19(15)13-12-18-11-9-17-16(14-18)7-3-1-4-8-16/h2,5-6,10,17H,1,3-4,7-9,11-14H2. The molecule has 0 aromatic carbocycles. The van der Waals surface area contributed by atoms with Gasteiger partial charge in [-0.2, -0.15) is 0 Å². The third kappa shape index (κ3) is 3.13. The van der Waals surface area contributed by atoms with E-state index in [0.717, 1.165) is 32.7 Å². The number of hydrogen-bond acceptors (Lipinski definition) is 3. The van der Waals surface area contributed by atoms with Crippen molar-refractivity contribution in [1.29, 1.82) is 0 Å². The Hall–Kier alpha value is -1.13. The molecule has 1 aromatic rings. The smallest absolute Gasteiger partial charge is 0.250 e. The van der Waals surface area contributed by atoms with Gasteiger partial charge in [-0.15, -0.1) is 0 Å². The first kappa shape index (κ1) is 13.8. The van der Waals surface area contributed by atoms with E-state index >= 15 is 0 Å². The Kier molecular flexibility index (Phi) is 4.22. The number of nitrogens with zero attached hydrogens (tertiary/aromatic N) is 2. The van der Waals surface area contributed by atoms with Gasteiger partial charge < -0.3 is 9.88 Å². The molecule has 2 fully saturated rings. The van der Waals surface area contributed by atoms with Crippen LogP contribution in [0, 0.1) is 0 Å². The second kappa shape index (κ2) is 6.10. The Balaban J connectivity index is 1.58. The number of piperazine rings is 1. The summed E-state index contributed by atoms with van der Waals surface area (Å²) in [6.07, 6.45) is 8.63. The van der Waals surface area contributed by atoms with Crippen LogP contribution in [-0.2, 0) is 6.54 Å². The van der Waals surface area contributed by atoms with Crippen molar-refractivity contribution < 1.29 is 0 Å². The van der Waals surface area contributed by atoms with E-state index in [9.17, 15) is 4.79 Å². The number of rotatable bonds is 3. The van der Waals surface area contributed by atoms with Crippen LogP contribution in [-0.4, -0.2) is 41.2 Å². The fourth-order valence-electron chi connectivity index (χ4n) is 3.69. The molecule has 0 bridgehead atoms. The molecule has 0 unspecified atom stereocenters. The molecular formula is C16H25N3O. The fourth-order valence-corrected chi connectivity index (χ4v) is 3.69. The number of pyridine rings is 1. The molecule has 1 saturated heterocycles. The van der Waals surface area contributed by atoms with E-state index in [4.69, 9.17) is 0 Å². The number of aromatic nitrogens is 1. The molecule has 1 aliphatic heterocycles. The molecule has 110 valence electrons. The maximum absolute atomic E-state index is 11.7. The highest BCUT2D eigenvalue weighted by molar-refractivity contribution is 4.97. The largest absolute Gasteiger partial charge is 0.314 e. The Morgan fingerprint density at radius 1 is 1.15 bits per heavy atom. The molecule has 2 aliphatic rings. The predicted molar refractivity (Wildman–Crippen MR) is 81.0 cm³/mol. The van der Waals surface area contributed by atoms with Crippen LogP contribution in [0.3, 0.4) is 0 Å². The van der Waals surface area contributed by atoms with Crippen LogP contribution in [0.15, 0.2) is 29.2 Å². The maximum Gasteiger partial charge on any atom is 0.250 e. The second-order valence-electron chi connectivity index (χ2n) is 6.28. The molecule has 4 nitrogen and oxygen atoms in total. The molecule has 2 heterocycles. The first-order valence-electron chi connectivity index (χ1n) is 7.90. The van der Waals surface area contributed by atoms with Crippen molar-refractivity contribution in [3.63, 3.8) is 0 Å². The summed E-state index contributed by atoms with van der Waals surface area (Å²) in [4.78, 5) is 14.2. The Morgan fingerprint density at radius 3 is 2.80 bits per heavy atom. The molecule has 1 N–H and O–H groups in total. The third-order valence-corrected chi connectivity index (χ3v) is 4.82. The molecule has 20 heavy (non-hydrogen) atoms. The molecule has 0 atom stereocenters. The molecule has 4 heteroatoms. The van der Waals surface area contributed by atoms with E-state index in [-0.39, 0.29) is 5.56 Å². The zero-order valence-corrected chi connectivity index (χ0v) is 12.2. The molecule has 1 saturated carbocycles. The van der Waals surface area contributed by atoms with Gasteiger partial charge in [-0.1, -0.05) is 25.3 Å². The van der Waals surface area contributed by atoms with Crippen molar-refractivity contribution in [3.8, 4) is 0 Å².